The molecule has 0 aliphatic carbocycles. The van der Waals surface area contributed by atoms with Crippen LogP contribution in [-0.4, -0.2) is 32.2 Å². The molecule has 8 heteroatoms. The Morgan fingerprint density at radius 1 is 1.19 bits per heavy atom. The van der Waals surface area contributed by atoms with E-state index < -0.39 is 31.1 Å². The molecule has 0 radical (unpaired) electrons. The van der Waals surface area contributed by atoms with Crippen molar-refractivity contribution in [3.8, 4) is 29.4 Å². The predicted molar refractivity (Wildman–Crippen MR) is 121 cm³/mol. The van der Waals surface area contributed by atoms with Gasteiger partial charge in [-0.25, -0.2) is 14.2 Å². The average Bonchev–Trinajstić information content (AvgIpc) is 2.74. The third-order valence-corrected chi connectivity index (χ3v) is 6.73. The zero-order valence-corrected chi connectivity index (χ0v) is 18.8. The van der Waals surface area contributed by atoms with Gasteiger partial charge in [0.1, 0.15) is 11.5 Å². The minimum absolute atomic E-state index is 0.0406. The molecule has 0 aliphatic rings. The fraction of sp³-hybridized carbons (Fsp3) is 0.250. The summed E-state index contributed by atoms with van der Waals surface area (Å²) in [6, 6.07) is 12.7. The molecule has 0 fully saturated rings. The van der Waals surface area contributed by atoms with Crippen LogP contribution in [0, 0.1) is 18.2 Å². The van der Waals surface area contributed by atoms with Gasteiger partial charge in [-0.1, -0.05) is 38.0 Å². The molecule has 3 rings (SSSR count). The number of esters is 1. The molecule has 2 aromatic carbocycles. The lowest BCUT2D eigenvalue weighted by atomic mass is 9.94. The molecule has 0 aliphatic heterocycles. The van der Waals surface area contributed by atoms with Gasteiger partial charge in [0.05, 0.1) is 11.6 Å². The normalized spacial score (nSPS) is 15.1. The summed E-state index contributed by atoms with van der Waals surface area (Å²) < 4.78 is 31.3. The van der Waals surface area contributed by atoms with Gasteiger partial charge >= 0.3 is 5.97 Å². The summed E-state index contributed by atoms with van der Waals surface area (Å²) in [5, 5.41) is 8.41. The number of carbonyl (C=O) groups is 1. The van der Waals surface area contributed by atoms with E-state index in [0.29, 0.717) is 16.6 Å². The van der Waals surface area contributed by atoms with E-state index in [9.17, 15) is 23.7 Å². The first-order valence-electron chi connectivity index (χ1n) is 9.93. The summed E-state index contributed by atoms with van der Waals surface area (Å²) in [7, 11) is -3.74. The number of hydrogen-bond acceptors (Lipinski definition) is 5. The van der Waals surface area contributed by atoms with Crippen LogP contribution in [0.4, 0.5) is 4.39 Å². The molecule has 2 N–H and O–H groups in total. The zero-order valence-electron chi connectivity index (χ0n) is 17.8. The van der Waals surface area contributed by atoms with E-state index >= 15 is 0 Å². The van der Waals surface area contributed by atoms with E-state index in [1.807, 2.05) is 38.0 Å². The molecule has 3 atom stereocenters. The predicted octanol–water partition coefficient (Wildman–Crippen LogP) is 4.29. The number of rotatable bonds is 6. The number of carbonyl (C=O) groups excluding carboxylic acids is 1. The molecule has 3 aromatic rings. The fourth-order valence-corrected chi connectivity index (χ4v) is 4.26. The lowest BCUT2D eigenvalue weighted by Crippen LogP contribution is -2.46. The van der Waals surface area contributed by atoms with Crippen molar-refractivity contribution in [2.45, 2.75) is 37.9 Å². The maximum Gasteiger partial charge on any atom is 0.342 e. The van der Waals surface area contributed by atoms with Gasteiger partial charge in [-0.3, -0.25) is 4.57 Å². The van der Waals surface area contributed by atoms with Crippen LogP contribution in [0.2, 0.25) is 0 Å². The molecular weight excluding hydrogens is 432 g/mol. The van der Waals surface area contributed by atoms with Crippen LogP contribution in [0.5, 0.6) is 5.75 Å². The second kappa shape index (κ2) is 9.22. The maximum atomic E-state index is 13.5. The number of pyridine rings is 1. The van der Waals surface area contributed by atoms with Crippen molar-refractivity contribution in [2.75, 3.05) is 0 Å². The highest BCUT2D eigenvalue weighted by molar-refractivity contribution is 7.42. The summed E-state index contributed by atoms with van der Waals surface area (Å²) in [5.41, 5.74) is 1.97. The third-order valence-electron chi connectivity index (χ3n) is 5.29. The molecule has 166 valence electrons. The largest absolute Gasteiger partial charge is 0.422 e. The van der Waals surface area contributed by atoms with Crippen LogP contribution in [0.1, 0.15) is 32.3 Å². The smallest absolute Gasteiger partial charge is 0.342 e. The van der Waals surface area contributed by atoms with Gasteiger partial charge in [0.25, 0.3) is 0 Å². The van der Waals surface area contributed by atoms with Gasteiger partial charge in [-0.05, 0) is 43.2 Å². The van der Waals surface area contributed by atoms with Crippen molar-refractivity contribution in [2.24, 2.45) is 0 Å². The Balaban J connectivity index is 2.33. The summed E-state index contributed by atoms with van der Waals surface area (Å²) >= 11 is 0. The van der Waals surface area contributed by atoms with Crippen LogP contribution in [0.15, 0.2) is 48.5 Å². The zero-order chi connectivity index (χ0) is 23.6. The van der Waals surface area contributed by atoms with Crippen molar-refractivity contribution in [1.29, 1.82) is 0 Å². The molecule has 32 heavy (non-hydrogen) atoms. The number of terminal acetylenes is 1. The Morgan fingerprint density at radius 2 is 1.81 bits per heavy atom. The van der Waals surface area contributed by atoms with Crippen molar-refractivity contribution in [1.82, 2.24) is 4.98 Å². The van der Waals surface area contributed by atoms with Gasteiger partial charge < -0.3 is 14.7 Å². The maximum absolute atomic E-state index is 13.5. The quantitative estimate of drug-likeness (QED) is 0.327. The SMILES string of the molecule is C#CC(C(=O)Oc1c(-c2ccc(F)cc2)nc2ccccc2c1C(C)C)(C(C)O)[PH](=O)O. The van der Waals surface area contributed by atoms with E-state index in [1.165, 1.54) is 24.3 Å². The van der Waals surface area contributed by atoms with Gasteiger partial charge in [0.2, 0.25) is 13.2 Å². The Bertz CT molecular complexity index is 1230. The van der Waals surface area contributed by atoms with Crippen LogP contribution < -0.4 is 4.74 Å². The number of aromatic nitrogens is 1. The lowest BCUT2D eigenvalue weighted by Gasteiger charge is -2.27. The van der Waals surface area contributed by atoms with Gasteiger partial charge in [-0.15, -0.1) is 6.42 Å². The van der Waals surface area contributed by atoms with Crippen molar-refractivity contribution in [3.63, 3.8) is 0 Å². The molecule has 0 amide bonds. The lowest BCUT2D eigenvalue weighted by molar-refractivity contribution is -0.138. The molecule has 0 spiro atoms. The van der Waals surface area contributed by atoms with Crippen molar-refractivity contribution in [3.05, 3.63) is 59.9 Å². The Hall–Kier alpha value is -3.04. The van der Waals surface area contributed by atoms with E-state index in [-0.39, 0.29) is 17.4 Å². The molecule has 3 unspecified atom stereocenters. The summed E-state index contributed by atoms with van der Waals surface area (Å²) in [6.45, 7) is 4.94. The number of nitrogens with zero attached hydrogens (tertiary/aromatic N) is 1. The monoisotopic (exact) mass is 455 g/mol. The third kappa shape index (κ3) is 4.05. The van der Waals surface area contributed by atoms with Crippen LogP contribution in [-0.2, 0) is 9.36 Å². The highest BCUT2D eigenvalue weighted by Gasteiger charge is 2.49. The molecule has 0 saturated carbocycles. The second-order valence-corrected chi connectivity index (χ2v) is 9.10. The number of halogens is 1. The van der Waals surface area contributed by atoms with Gasteiger partial charge in [-0.2, -0.15) is 0 Å². The molecule has 1 heterocycles. The fourth-order valence-electron chi connectivity index (χ4n) is 3.55. The van der Waals surface area contributed by atoms with Crippen LogP contribution in [0.25, 0.3) is 22.2 Å². The Kier molecular flexibility index (Phi) is 6.80. The minimum Gasteiger partial charge on any atom is -0.422 e. The number of hydrogen-bond donors (Lipinski definition) is 2. The van der Waals surface area contributed by atoms with E-state index in [2.05, 4.69) is 4.98 Å². The molecule has 6 nitrogen and oxygen atoms in total. The van der Waals surface area contributed by atoms with Crippen molar-refractivity contribution >= 4 is 24.9 Å². The summed E-state index contributed by atoms with van der Waals surface area (Å²) in [4.78, 5) is 27.6. The van der Waals surface area contributed by atoms with Gasteiger partial charge in [0.15, 0.2) is 5.75 Å². The van der Waals surface area contributed by atoms with Crippen molar-refractivity contribution < 1.29 is 28.5 Å². The van der Waals surface area contributed by atoms with Crippen LogP contribution in [0.3, 0.4) is 0 Å². The molecule has 0 saturated heterocycles. The highest BCUT2D eigenvalue weighted by Crippen LogP contribution is 2.44. The molecule has 0 bridgehead atoms. The molecule has 1 aromatic heterocycles. The Morgan fingerprint density at radius 3 is 2.34 bits per heavy atom. The number of aliphatic hydroxyl groups excluding tert-OH is 1. The summed E-state index contributed by atoms with van der Waals surface area (Å²) in [6.07, 6.45) is 3.78. The first kappa shape index (κ1) is 23.6. The van der Waals surface area contributed by atoms with Gasteiger partial charge in [0, 0.05) is 16.5 Å². The highest BCUT2D eigenvalue weighted by atomic mass is 31.1. The van der Waals surface area contributed by atoms with E-state index in [0.717, 1.165) is 12.3 Å². The number of fused-ring (bicyclic) bond motifs is 1. The number of benzene rings is 2. The Labute approximate surface area is 185 Å². The second-order valence-electron chi connectivity index (χ2n) is 7.70. The summed E-state index contributed by atoms with van der Waals surface area (Å²) in [5.74, 6) is 0.185. The average molecular weight is 455 g/mol. The first-order valence-corrected chi connectivity index (χ1v) is 11.3. The first-order chi connectivity index (χ1) is 15.1. The standard InChI is InChI=1S/C24H23FNO5P/c1-5-24(15(4)27,32(29)30)23(28)31-22-20(14(2)3)18-8-6-7-9-19(18)26-21(22)16-10-12-17(25)13-11-16/h1,6-15,27,32H,2-4H3,(H,29,30). The number of para-hydroxylation sites is 1. The van der Waals surface area contributed by atoms with E-state index in [1.54, 1.807) is 6.07 Å². The van der Waals surface area contributed by atoms with Crippen LogP contribution >= 0.6 is 8.03 Å². The number of ether oxygens (including phenoxy) is 1. The number of aliphatic hydroxyl groups is 1. The topological polar surface area (TPSA) is 96.7 Å². The molecular formula is C24H23FNO5P. The van der Waals surface area contributed by atoms with E-state index in [4.69, 9.17) is 11.2 Å². The minimum atomic E-state index is -3.74.